The predicted octanol–water partition coefficient (Wildman–Crippen LogP) is 6.99. The molecule has 2 N–H and O–H groups in total. The number of amides is 2. The number of allylic oxidation sites excluding steroid dienone is 2. The molecule has 0 fully saturated rings. The van der Waals surface area contributed by atoms with Gasteiger partial charge in [-0.2, -0.15) is 13.2 Å². The SMILES string of the molecule is Cc1ccc(NC(=O)c2cccc(C(F)(F)F)c2)cc1Oc1ccc2nc(NC(=O)C3=COC=CC=C3)sc2n1. The number of hydrogen-bond donors (Lipinski definition) is 2. The van der Waals surface area contributed by atoms with Crippen molar-refractivity contribution in [2.75, 3.05) is 10.6 Å². The van der Waals surface area contributed by atoms with Crippen molar-refractivity contribution in [2.45, 2.75) is 13.1 Å². The molecule has 0 bridgehead atoms. The standard InChI is InChI=1S/C28H19F3N4O4S/c1-16-8-9-20(32-24(36)17-6-4-7-19(13-17)28(29,30)31)14-22(16)39-23-11-10-21-26(34-23)40-27(33-21)35-25(37)18-5-2-3-12-38-15-18/h2-15H,1H3,(H,32,36)(H,33,35,37). The zero-order chi connectivity index (χ0) is 28.3. The van der Waals surface area contributed by atoms with Gasteiger partial charge in [0.1, 0.15) is 22.4 Å². The van der Waals surface area contributed by atoms with Crippen molar-refractivity contribution in [3.05, 3.63) is 108 Å². The Morgan fingerprint density at radius 1 is 0.975 bits per heavy atom. The topological polar surface area (TPSA) is 102 Å². The molecule has 2 aromatic carbocycles. The lowest BCUT2D eigenvalue weighted by atomic mass is 10.1. The predicted molar refractivity (Wildman–Crippen MR) is 144 cm³/mol. The van der Waals surface area contributed by atoms with Crippen molar-refractivity contribution in [3.8, 4) is 11.6 Å². The van der Waals surface area contributed by atoms with Gasteiger partial charge in [0.25, 0.3) is 11.8 Å². The molecule has 0 atom stereocenters. The number of nitrogens with one attached hydrogen (secondary N) is 2. The molecular formula is C28H19F3N4O4S. The molecule has 5 rings (SSSR count). The van der Waals surface area contributed by atoms with Crippen molar-refractivity contribution in [1.29, 1.82) is 0 Å². The Morgan fingerprint density at radius 3 is 2.65 bits per heavy atom. The molecule has 8 nitrogen and oxygen atoms in total. The second kappa shape index (κ2) is 11.0. The number of rotatable bonds is 6. The number of fused-ring (bicyclic) bond motifs is 1. The number of nitrogens with zero attached hydrogens (tertiary/aromatic N) is 2. The van der Waals surface area contributed by atoms with E-state index >= 15 is 0 Å². The highest BCUT2D eigenvalue weighted by molar-refractivity contribution is 7.22. The van der Waals surface area contributed by atoms with E-state index in [9.17, 15) is 22.8 Å². The summed E-state index contributed by atoms with van der Waals surface area (Å²) in [4.78, 5) is 34.5. The van der Waals surface area contributed by atoms with Gasteiger partial charge in [-0.25, -0.2) is 9.97 Å². The van der Waals surface area contributed by atoms with Gasteiger partial charge in [0.2, 0.25) is 5.88 Å². The average Bonchev–Trinajstić information content (AvgIpc) is 3.12. The van der Waals surface area contributed by atoms with Gasteiger partial charge in [0.15, 0.2) is 5.13 Å². The molecule has 1 aliphatic rings. The van der Waals surface area contributed by atoms with Crippen LogP contribution in [0.5, 0.6) is 11.6 Å². The highest BCUT2D eigenvalue weighted by Crippen LogP contribution is 2.32. The summed E-state index contributed by atoms with van der Waals surface area (Å²) in [5.74, 6) is -0.465. The van der Waals surface area contributed by atoms with Gasteiger partial charge in [0, 0.05) is 23.4 Å². The number of carbonyl (C=O) groups is 2. The largest absolute Gasteiger partial charge is 0.472 e. The van der Waals surface area contributed by atoms with Crippen LogP contribution in [0.1, 0.15) is 21.5 Å². The molecule has 0 saturated carbocycles. The van der Waals surface area contributed by atoms with Crippen LogP contribution in [0.15, 0.2) is 90.9 Å². The van der Waals surface area contributed by atoms with Crippen LogP contribution in [0.25, 0.3) is 10.3 Å². The van der Waals surface area contributed by atoms with Crippen molar-refractivity contribution < 1.29 is 32.2 Å². The maximum Gasteiger partial charge on any atom is 0.416 e. The summed E-state index contributed by atoms with van der Waals surface area (Å²) in [5, 5.41) is 5.65. The summed E-state index contributed by atoms with van der Waals surface area (Å²) in [6.07, 6.45) is 3.15. The minimum atomic E-state index is -4.56. The van der Waals surface area contributed by atoms with Gasteiger partial charge in [-0.3, -0.25) is 14.9 Å². The highest BCUT2D eigenvalue weighted by atomic mass is 32.1. The van der Waals surface area contributed by atoms with Crippen LogP contribution >= 0.6 is 11.3 Å². The highest BCUT2D eigenvalue weighted by Gasteiger charge is 2.31. The Bertz CT molecular complexity index is 1710. The van der Waals surface area contributed by atoms with Crippen molar-refractivity contribution in [2.24, 2.45) is 0 Å². The maximum atomic E-state index is 13.0. The van der Waals surface area contributed by atoms with Crippen molar-refractivity contribution in [1.82, 2.24) is 9.97 Å². The van der Waals surface area contributed by atoms with Crippen LogP contribution in [0, 0.1) is 6.92 Å². The molecule has 2 aromatic heterocycles. The van der Waals surface area contributed by atoms with Gasteiger partial charge < -0.3 is 14.8 Å². The molecule has 1 aliphatic heterocycles. The van der Waals surface area contributed by atoms with Gasteiger partial charge >= 0.3 is 6.18 Å². The Morgan fingerprint density at radius 2 is 1.82 bits per heavy atom. The van der Waals surface area contributed by atoms with Crippen molar-refractivity contribution in [3.63, 3.8) is 0 Å². The lowest BCUT2D eigenvalue weighted by Crippen LogP contribution is -2.14. The molecule has 0 radical (unpaired) electrons. The number of aromatic nitrogens is 2. The lowest BCUT2D eigenvalue weighted by molar-refractivity contribution is -0.137. The first kappa shape index (κ1) is 26.6. The Kier molecular flexibility index (Phi) is 7.34. The number of ether oxygens (including phenoxy) is 2. The van der Waals surface area contributed by atoms with E-state index < -0.39 is 23.6 Å². The summed E-state index contributed by atoms with van der Waals surface area (Å²) in [7, 11) is 0. The Hall–Kier alpha value is -4.97. The molecule has 0 aliphatic carbocycles. The molecule has 0 spiro atoms. The number of thiazole rings is 1. The number of benzene rings is 2. The zero-order valence-corrected chi connectivity index (χ0v) is 21.5. The third-order valence-electron chi connectivity index (χ3n) is 5.56. The minimum Gasteiger partial charge on any atom is -0.472 e. The van der Waals surface area contributed by atoms with Crippen molar-refractivity contribution >= 4 is 44.3 Å². The number of carbonyl (C=O) groups excluding carboxylic acids is 2. The summed E-state index contributed by atoms with van der Waals surface area (Å²) >= 11 is 1.16. The van der Waals surface area contributed by atoms with Gasteiger partial charge in [-0.15, -0.1) is 0 Å². The number of pyridine rings is 1. The van der Waals surface area contributed by atoms with E-state index in [0.717, 1.165) is 29.0 Å². The van der Waals surface area contributed by atoms with Crippen LogP contribution in [-0.4, -0.2) is 21.8 Å². The number of aryl methyl sites for hydroxylation is 1. The van der Waals surface area contributed by atoms with Gasteiger partial charge in [0.05, 0.1) is 17.4 Å². The fourth-order valence-electron chi connectivity index (χ4n) is 3.55. The Labute approximate surface area is 229 Å². The van der Waals surface area contributed by atoms with Crippen LogP contribution in [-0.2, 0) is 15.7 Å². The van der Waals surface area contributed by atoms with Crippen LogP contribution in [0.3, 0.4) is 0 Å². The normalized spacial score (nSPS) is 12.8. The van der Waals surface area contributed by atoms with E-state index in [0.29, 0.717) is 32.5 Å². The summed E-state index contributed by atoms with van der Waals surface area (Å²) in [6, 6.07) is 12.3. The summed E-state index contributed by atoms with van der Waals surface area (Å²) < 4.78 is 50.1. The third-order valence-corrected chi connectivity index (χ3v) is 6.44. The third kappa shape index (κ3) is 6.18. The van der Waals surface area contributed by atoms with E-state index in [-0.39, 0.29) is 11.4 Å². The molecule has 12 heteroatoms. The number of anilines is 2. The van der Waals surface area contributed by atoms with E-state index in [1.54, 1.807) is 55.5 Å². The average molecular weight is 565 g/mol. The Balaban J connectivity index is 1.30. The second-order valence-electron chi connectivity index (χ2n) is 8.46. The first-order valence-corrected chi connectivity index (χ1v) is 12.5. The second-order valence-corrected chi connectivity index (χ2v) is 9.44. The van der Waals surface area contributed by atoms with E-state index in [1.807, 2.05) is 0 Å². The molecule has 40 heavy (non-hydrogen) atoms. The molecule has 0 unspecified atom stereocenters. The minimum absolute atomic E-state index is 0.131. The molecule has 202 valence electrons. The first-order chi connectivity index (χ1) is 19.2. The molecule has 4 aromatic rings. The van der Waals surface area contributed by atoms with E-state index in [4.69, 9.17) is 9.47 Å². The number of alkyl halides is 3. The smallest absolute Gasteiger partial charge is 0.416 e. The first-order valence-electron chi connectivity index (χ1n) is 11.7. The molecule has 2 amide bonds. The molecule has 0 saturated heterocycles. The quantitative estimate of drug-likeness (QED) is 0.262. The summed E-state index contributed by atoms with van der Waals surface area (Å²) in [5.41, 5.74) is 0.885. The fourth-order valence-corrected chi connectivity index (χ4v) is 4.38. The van der Waals surface area contributed by atoms with Gasteiger partial charge in [-0.1, -0.05) is 29.5 Å². The number of hydrogen-bond acceptors (Lipinski definition) is 7. The fraction of sp³-hybridized carbons (Fsp3) is 0.0714. The number of halogens is 3. The van der Waals surface area contributed by atoms with Gasteiger partial charge in [-0.05, 0) is 55.0 Å². The monoisotopic (exact) mass is 564 g/mol. The van der Waals surface area contributed by atoms with Crippen LogP contribution in [0.2, 0.25) is 0 Å². The van der Waals surface area contributed by atoms with Crippen LogP contribution in [0.4, 0.5) is 24.0 Å². The summed E-state index contributed by atoms with van der Waals surface area (Å²) in [6.45, 7) is 1.79. The molecule has 3 heterocycles. The molecular weight excluding hydrogens is 545 g/mol. The zero-order valence-electron chi connectivity index (χ0n) is 20.7. The van der Waals surface area contributed by atoms with E-state index in [2.05, 4.69) is 20.6 Å². The lowest BCUT2D eigenvalue weighted by Gasteiger charge is -2.12. The van der Waals surface area contributed by atoms with E-state index in [1.165, 1.54) is 24.7 Å². The van der Waals surface area contributed by atoms with Crippen LogP contribution < -0.4 is 15.4 Å². The maximum absolute atomic E-state index is 13.0.